The zero-order chi connectivity index (χ0) is 14.6. The van der Waals surface area contributed by atoms with Crippen molar-refractivity contribution in [1.82, 2.24) is 10.4 Å². The summed E-state index contributed by atoms with van der Waals surface area (Å²) >= 11 is 0. The van der Waals surface area contributed by atoms with Crippen LogP contribution in [0.25, 0.3) is 0 Å². The minimum atomic E-state index is -1.04. The SMILES string of the molecule is CON[C@@H]1CN(C(=O)OCc2ccccc2)C[C@]1(C)O. The zero-order valence-electron chi connectivity index (χ0n) is 11.7. The lowest BCUT2D eigenvalue weighted by molar-refractivity contribution is -0.0227. The second-order valence-electron chi connectivity index (χ2n) is 5.15. The number of benzene rings is 1. The molecular formula is C14H20N2O4. The summed E-state index contributed by atoms with van der Waals surface area (Å²) in [7, 11) is 1.48. The summed E-state index contributed by atoms with van der Waals surface area (Å²) in [4.78, 5) is 18.3. The molecule has 1 heterocycles. The highest BCUT2D eigenvalue weighted by Crippen LogP contribution is 2.22. The molecule has 1 aliphatic rings. The largest absolute Gasteiger partial charge is 0.445 e. The van der Waals surface area contributed by atoms with Gasteiger partial charge >= 0.3 is 6.09 Å². The number of likely N-dealkylation sites (tertiary alicyclic amines) is 1. The van der Waals surface area contributed by atoms with Crippen molar-refractivity contribution in [3.8, 4) is 0 Å². The van der Waals surface area contributed by atoms with Crippen molar-refractivity contribution in [1.29, 1.82) is 0 Å². The number of hydrogen-bond acceptors (Lipinski definition) is 5. The number of nitrogens with zero attached hydrogens (tertiary/aromatic N) is 1. The molecule has 0 unspecified atom stereocenters. The van der Waals surface area contributed by atoms with Crippen molar-refractivity contribution in [2.45, 2.75) is 25.2 Å². The monoisotopic (exact) mass is 280 g/mol. The van der Waals surface area contributed by atoms with E-state index in [1.54, 1.807) is 6.92 Å². The second kappa shape index (κ2) is 6.21. The number of carbonyl (C=O) groups excluding carboxylic acids is 1. The van der Waals surface area contributed by atoms with Crippen LogP contribution in [0.15, 0.2) is 30.3 Å². The van der Waals surface area contributed by atoms with Crippen LogP contribution in [0.3, 0.4) is 0 Å². The van der Waals surface area contributed by atoms with Crippen molar-refractivity contribution in [2.75, 3.05) is 20.2 Å². The molecule has 2 rings (SSSR count). The molecule has 0 saturated carbocycles. The van der Waals surface area contributed by atoms with E-state index in [9.17, 15) is 9.90 Å². The first kappa shape index (κ1) is 14.8. The van der Waals surface area contributed by atoms with Crippen LogP contribution in [0, 0.1) is 0 Å². The summed E-state index contributed by atoms with van der Waals surface area (Å²) in [6.07, 6.45) is -0.436. The molecule has 2 N–H and O–H groups in total. The van der Waals surface area contributed by atoms with Crippen LogP contribution in [0.4, 0.5) is 4.79 Å². The average Bonchev–Trinajstić information content (AvgIpc) is 2.73. The molecule has 1 fully saturated rings. The van der Waals surface area contributed by atoms with Gasteiger partial charge in [-0.05, 0) is 12.5 Å². The molecule has 6 nitrogen and oxygen atoms in total. The fourth-order valence-corrected chi connectivity index (χ4v) is 2.23. The maximum Gasteiger partial charge on any atom is 0.410 e. The van der Waals surface area contributed by atoms with E-state index in [2.05, 4.69) is 5.48 Å². The Kier molecular flexibility index (Phi) is 4.59. The Bertz CT molecular complexity index is 450. The molecule has 1 aromatic carbocycles. The van der Waals surface area contributed by atoms with Crippen LogP contribution in [-0.4, -0.2) is 47.9 Å². The summed E-state index contributed by atoms with van der Waals surface area (Å²) < 4.78 is 5.24. The van der Waals surface area contributed by atoms with E-state index in [1.165, 1.54) is 12.0 Å². The Morgan fingerprint density at radius 3 is 2.85 bits per heavy atom. The van der Waals surface area contributed by atoms with Crippen molar-refractivity contribution < 1.29 is 19.5 Å². The van der Waals surface area contributed by atoms with E-state index in [0.29, 0.717) is 6.54 Å². The van der Waals surface area contributed by atoms with Gasteiger partial charge in [0.05, 0.1) is 25.3 Å². The lowest BCUT2D eigenvalue weighted by atomic mass is 10.0. The molecule has 1 saturated heterocycles. The highest BCUT2D eigenvalue weighted by atomic mass is 16.6. The summed E-state index contributed by atoms with van der Waals surface area (Å²) in [5.74, 6) is 0. The molecule has 1 aromatic rings. The van der Waals surface area contributed by atoms with E-state index < -0.39 is 11.7 Å². The minimum absolute atomic E-state index is 0.210. The standard InChI is InChI=1S/C14H20N2O4/c1-14(18)10-16(8-12(14)15-19-2)13(17)20-9-11-6-4-3-5-7-11/h3-7,12,15,18H,8-10H2,1-2H3/t12-,14+/m1/s1. The molecule has 0 aromatic heterocycles. The summed E-state index contributed by atoms with van der Waals surface area (Å²) in [5.41, 5.74) is 2.58. The molecule has 1 aliphatic heterocycles. The first-order chi connectivity index (χ1) is 9.53. The molecule has 0 bridgehead atoms. The molecule has 0 radical (unpaired) electrons. The first-order valence-corrected chi connectivity index (χ1v) is 6.49. The van der Waals surface area contributed by atoms with Crippen molar-refractivity contribution in [3.05, 3.63) is 35.9 Å². The zero-order valence-corrected chi connectivity index (χ0v) is 11.7. The number of ether oxygens (including phenoxy) is 1. The van der Waals surface area contributed by atoms with Gasteiger partial charge in [-0.2, -0.15) is 5.48 Å². The average molecular weight is 280 g/mol. The third kappa shape index (κ3) is 3.47. The molecular weight excluding hydrogens is 260 g/mol. The van der Waals surface area contributed by atoms with Crippen molar-refractivity contribution in [2.24, 2.45) is 0 Å². The molecule has 110 valence electrons. The van der Waals surface area contributed by atoms with E-state index >= 15 is 0 Å². The fraction of sp³-hybridized carbons (Fsp3) is 0.500. The van der Waals surface area contributed by atoms with Gasteiger partial charge in [0.15, 0.2) is 0 Å². The van der Waals surface area contributed by atoms with Crippen LogP contribution in [0.5, 0.6) is 0 Å². The van der Waals surface area contributed by atoms with Crippen molar-refractivity contribution >= 4 is 6.09 Å². The molecule has 0 aliphatic carbocycles. The maximum absolute atomic E-state index is 12.0. The Morgan fingerprint density at radius 1 is 1.50 bits per heavy atom. The van der Waals surface area contributed by atoms with Gasteiger partial charge in [0.25, 0.3) is 0 Å². The fourth-order valence-electron chi connectivity index (χ4n) is 2.23. The summed E-state index contributed by atoms with van der Waals surface area (Å²) in [5, 5.41) is 10.2. The predicted octanol–water partition coefficient (Wildman–Crippen LogP) is 0.909. The summed E-state index contributed by atoms with van der Waals surface area (Å²) in [6.45, 7) is 2.44. The van der Waals surface area contributed by atoms with Crippen LogP contribution >= 0.6 is 0 Å². The van der Waals surface area contributed by atoms with Gasteiger partial charge < -0.3 is 19.6 Å². The Balaban J connectivity index is 1.88. The van der Waals surface area contributed by atoms with Gasteiger partial charge in [-0.15, -0.1) is 0 Å². The van der Waals surface area contributed by atoms with Gasteiger partial charge in [0, 0.05) is 6.54 Å². The molecule has 2 atom stereocenters. The number of aliphatic hydroxyl groups is 1. The van der Waals surface area contributed by atoms with E-state index in [1.807, 2.05) is 30.3 Å². The van der Waals surface area contributed by atoms with Crippen LogP contribution in [-0.2, 0) is 16.2 Å². The highest BCUT2D eigenvalue weighted by Gasteiger charge is 2.44. The molecule has 0 spiro atoms. The number of amides is 1. The molecule has 20 heavy (non-hydrogen) atoms. The number of nitrogens with one attached hydrogen (secondary N) is 1. The van der Waals surface area contributed by atoms with E-state index in [4.69, 9.17) is 9.57 Å². The maximum atomic E-state index is 12.0. The van der Waals surface area contributed by atoms with Crippen LogP contribution in [0.1, 0.15) is 12.5 Å². The lowest BCUT2D eigenvalue weighted by Crippen LogP contribution is -2.47. The number of rotatable bonds is 4. The number of hydrogen-bond donors (Lipinski definition) is 2. The number of carbonyl (C=O) groups is 1. The smallest absolute Gasteiger partial charge is 0.410 e. The van der Waals surface area contributed by atoms with Gasteiger partial charge in [0.1, 0.15) is 6.61 Å². The molecule has 1 amide bonds. The topological polar surface area (TPSA) is 71.0 Å². The summed E-state index contributed by atoms with van der Waals surface area (Å²) in [6, 6.07) is 9.14. The molecule has 6 heteroatoms. The van der Waals surface area contributed by atoms with Gasteiger partial charge in [-0.3, -0.25) is 0 Å². The number of β-amino-alcohol motifs (C(OH)–C–C–N with tert-alkyl or cyclic N) is 1. The minimum Gasteiger partial charge on any atom is -0.445 e. The third-order valence-electron chi connectivity index (χ3n) is 3.39. The third-order valence-corrected chi connectivity index (χ3v) is 3.39. The quantitative estimate of drug-likeness (QED) is 0.802. The van der Waals surface area contributed by atoms with E-state index in [-0.39, 0.29) is 19.2 Å². The highest BCUT2D eigenvalue weighted by molar-refractivity contribution is 5.68. The number of hydroxylamine groups is 1. The van der Waals surface area contributed by atoms with E-state index in [0.717, 1.165) is 5.56 Å². The van der Waals surface area contributed by atoms with Gasteiger partial charge in [-0.1, -0.05) is 30.3 Å². The normalized spacial score (nSPS) is 25.8. The second-order valence-corrected chi connectivity index (χ2v) is 5.15. The van der Waals surface area contributed by atoms with Gasteiger partial charge in [-0.25, -0.2) is 4.79 Å². The predicted molar refractivity (Wildman–Crippen MR) is 72.8 cm³/mol. The Labute approximate surface area is 118 Å². The first-order valence-electron chi connectivity index (χ1n) is 6.49. The van der Waals surface area contributed by atoms with Crippen LogP contribution < -0.4 is 5.48 Å². The van der Waals surface area contributed by atoms with Crippen LogP contribution in [0.2, 0.25) is 0 Å². The Morgan fingerprint density at radius 2 is 2.20 bits per heavy atom. The van der Waals surface area contributed by atoms with Gasteiger partial charge in [0.2, 0.25) is 0 Å². The lowest BCUT2D eigenvalue weighted by Gasteiger charge is -2.23. The Hall–Kier alpha value is -1.63. The van der Waals surface area contributed by atoms with Crippen molar-refractivity contribution in [3.63, 3.8) is 0 Å².